The monoisotopic (exact) mass is 1490 g/mol. The van der Waals surface area contributed by atoms with Crippen LogP contribution in [0.4, 0.5) is 0 Å². The van der Waals surface area contributed by atoms with E-state index in [0.29, 0.717) is 0 Å². The summed E-state index contributed by atoms with van der Waals surface area (Å²) in [4.78, 5) is 0. The van der Waals surface area contributed by atoms with Crippen LogP contribution in [0.2, 0.25) is 0 Å². The molecule has 100 heavy (non-hydrogen) atoms. The van der Waals surface area contributed by atoms with Gasteiger partial charge in [-0.15, -0.1) is 34.4 Å². The fourth-order valence-electron chi connectivity index (χ4n) is 8.97. The summed E-state index contributed by atoms with van der Waals surface area (Å²) in [5.41, 5.74) is 22.9. The van der Waals surface area contributed by atoms with Crippen molar-refractivity contribution in [2.75, 3.05) is 0 Å². The molecule has 0 nitrogen and oxygen atoms in total. The van der Waals surface area contributed by atoms with Gasteiger partial charge in [0.1, 0.15) is 0 Å². The predicted molar refractivity (Wildman–Crippen MR) is 452 cm³/mol. The van der Waals surface area contributed by atoms with Gasteiger partial charge in [0.05, 0.1) is 0 Å². The normalized spacial score (nSPS) is 8.64. The van der Waals surface area contributed by atoms with E-state index in [-0.39, 0.29) is 65.4 Å². The second kappa shape index (κ2) is 67.1. The number of aryl methyl sites for hydroxylation is 14. The van der Waals surface area contributed by atoms with E-state index in [2.05, 4.69) is 327 Å². The van der Waals surface area contributed by atoms with E-state index in [1.165, 1.54) is 110 Å². The molecule has 12 rings (SSSR count). The Morgan fingerprint density at radius 1 is 0.180 bits per heavy atom. The first-order valence-electron chi connectivity index (χ1n) is 36.8. The van der Waals surface area contributed by atoms with E-state index in [0.717, 1.165) is 22.3 Å². The Morgan fingerprint density at radius 3 is 0.700 bits per heavy atom. The second-order valence-electron chi connectivity index (χ2n) is 21.3. The zero-order valence-corrected chi connectivity index (χ0v) is 74.8. The maximum atomic E-state index is 3.24. The van der Waals surface area contributed by atoms with Crippen molar-refractivity contribution >= 4 is 32.3 Å². The smallest absolute Gasteiger partial charge is 0 e. The van der Waals surface area contributed by atoms with Gasteiger partial charge in [-0.3, -0.25) is 0 Å². The molecular formula is C98H134Y2-4. The first-order chi connectivity index (χ1) is 47.4. The largest absolute Gasteiger partial charge is 0.226 e. The Labute approximate surface area is 667 Å². The van der Waals surface area contributed by atoms with E-state index in [9.17, 15) is 0 Å². The van der Waals surface area contributed by atoms with Gasteiger partial charge in [-0.1, -0.05) is 343 Å². The summed E-state index contributed by atoms with van der Waals surface area (Å²) < 4.78 is 0. The Hall–Kier alpha value is -6.37. The molecule has 0 heterocycles. The molecule has 0 aromatic heterocycles. The summed E-state index contributed by atoms with van der Waals surface area (Å²) in [7, 11) is 0. The van der Waals surface area contributed by atoms with Gasteiger partial charge >= 0.3 is 0 Å². The summed E-state index contributed by atoms with van der Waals surface area (Å²) >= 11 is 0. The minimum absolute atomic E-state index is 0. The van der Waals surface area contributed by atoms with Crippen LogP contribution in [0, 0.1) is 121 Å². The molecular weight excluding hydrogens is 1350 g/mol. The molecule has 0 saturated heterocycles. The molecule has 2 radical (unpaired) electrons. The zero-order chi connectivity index (χ0) is 75.6. The average Bonchev–Trinajstić information content (AvgIpc) is 0.841. The van der Waals surface area contributed by atoms with Crippen molar-refractivity contribution in [3.8, 4) is 22.3 Å². The van der Waals surface area contributed by atoms with Crippen LogP contribution in [-0.4, -0.2) is 0 Å². The zero-order valence-electron chi connectivity index (χ0n) is 69.1. The molecule has 0 amide bonds. The Morgan fingerprint density at radius 2 is 0.430 bits per heavy atom. The number of hydrogen-bond donors (Lipinski definition) is 0. The molecule has 0 atom stereocenters. The average molecular weight is 1490 g/mol. The summed E-state index contributed by atoms with van der Waals surface area (Å²) in [6, 6.07) is 93.4. The first kappa shape index (κ1) is 105. The Bertz CT molecular complexity index is 3560. The van der Waals surface area contributed by atoms with Crippen LogP contribution in [0.1, 0.15) is 203 Å². The Balaban J connectivity index is -0.000000249. The molecule has 0 spiro atoms. The Kier molecular flexibility index (Phi) is 70.2. The fourth-order valence-corrected chi connectivity index (χ4v) is 8.97. The molecule has 0 N–H and O–H groups in total. The molecule has 0 bridgehead atoms. The predicted octanol–water partition coefficient (Wildman–Crippen LogP) is 31.3. The fraction of sp³-hybridized carbons (Fsp3) is 0.327. The van der Waals surface area contributed by atoms with Crippen molar-refractivity contribution in [1.29, 1.82) is 0 Å². The summed E-state index contributed by atoms with van der Waals surface area (Å²) in [6.07, 6.45) is 0. The third kappa shape index (κ3) is 43.4. The molecule has 0 aliphatic heterocycles. The summed E-state index contributed by atoms with van der Waals surface area (Å²) in [6.45, 7) is 65.6. The van der Waals surface area contributed by atoms with Crippen LogP contribution in [0.25, 0.3) is 54.6 Å². The number of fused-ring (bicyclic) bond motifs is 3. The maximum Gasteiger partial charge on any atom is 0 e. The summed E-state index contributed by atoms with van der Waals surface area (Å²) in [5.74, 6) is 0. The van der Waals surface area contributed by atoms with Crippen molar-refractivity contribution in [2.45, 2.75) is 222 Å². The van der Waals surface area contributed by atoms with Crippen LogP contribution in [0.3, 0.4) is 0 Å². The quantitative estimate of drug-likeness (QED) is 0.151. The molecule has 0 aliphatic rings. The van der Waals surface area contributed by atoms with Gasteiger partial charge < -0.3 is 0 Å². The number of hydrogen-bond acceptors (Lipinski definition) is 0. The van der Waals surface area contributed by atoms with Gasteiger partial charge in [0.25, 0.3) is 0 Å². The minimum Gasteiger partial charge on any atom is -0.226 e. The van der Waals surface area contributed by atoms with Gasteiger partial charge in [0.15, 0.2) is 0 Å². The van der Waals surface area contributed by atoms with Crippen molar-refractivity contribution in [3.05, 3.63) is 333 Å². The van der Waals surface area contributed by atoms with E-state index >= 15 is 0 Å². The maximum absolute atomic E-state index is 3.24. The molecule has 0 unspecified atom stereocenters. The molecule has 12 aromatic rings. The van der Waals surface area contributed by atoms with Crippen molar-refractivity contribution in [1.82, 2.24) is 0 Å². The second-order valence-corrected chi connectivity index (χ2v) is 21.3. The van der Waals surface area contributed by atoms with E-state index < -0.39 is 0 Å². The molecule has 0 saturated carbocycles. The van der Waals surface area contributed by atoms with E-state index in [1.54, 1.807) is 0 Å². The van der Waals surface area contributed by atoms with Crippen LogP contribution >= 0.6 is 0 Å². The number of rotatable bonds is 2. The third-order valence-electron chi connectivity index (χ3n) is 13.7. The minimum atomic E-state index is 0. The van der Waals surface area contributed by atoms with E-state index in [1.807, 2.05) is 149 Å². The molecule has 0 aliphatic carbocycles. The molecule has 2 heteroatoms. The third-order valence-corrected chi connectivity index (χ3v) is 13.7. The van der Waals surface area contributed by atoms with Gasteiger partial charge in [-0.25, -0.2) is 22.3 Å². The first-order valence-corrected chi connectivity index (χ1v) is 36.8. The SMILES string of the molecule is CC.CC.CC.CC.CC.CC.CC.CC.CC.Cc1c[c-]c(-c2[c-]cc(C)cc2)cc1.Cc1cc[c-]c(-c2[c-]ccc(C)c2)c1.Cc1ccc(C)c2ccccc12.Cc1ccc(C)cc1.Cc1ccc2cc(C)ccc2c1.Cc1cccc(C)c1.Cc1cccc2c(C)cccc12.[Y].[Y]. The summed E-state index contributed by atoms with van der Waals surface area (Å²) in [5, 5.41) is 8.16. The molecule has 536 valence electrons. The topological polar surface area (TPSA) is 0 Å². The van der Waals surface area contributed by atoms with Gasteiger partial charge in [0.2, 0.25) is 0 Å². The van der Waals surface area contributed by atoms with Crippen LogP contribution in [0.5, 0.6) is 0 Å². The van der Waals surface area contributed by atoms with Crippen LogP contribution in [0.15, 0.2) is 231 Å². The standard InChI is InChI=1S/2C14H12.3C12H12.2C8H10.9C2H6.2Y/c1-11-3-7-13(8-4-11)14-9-5-12(2)6-10-14;1-11-5-3-7-13(9-11)14-8-4-6-12(2)10-14;1-9-3-5-12-8-10(2)4-6-11(12)7-9;1-9-5-3-8-12-10(2)6-4-7-11(9)12;1-9-7-8-10(2)12-6-4-3-5-11(9)12;1-7-3-5-8(2)6-4-7;1-7-4-3-5-8(2)6-7;9*1-2;;/h3-7,9H,1-2H3;3-6,9-10H,1-2H3;3*3-8H,1-2H3;2*3-6H,1-2H3;9*1-2H3;;/q2*-2;;;;;;;;;;;;;;;;. The molecule has 0 fully saturated rings. The van der Waals surface area contributed by atoms with Gasteiger partial charge in [-0.2, -0.15) is 84.9 Å². The number of benzene rings is 12. The van der Waals surface area contributed by atoms with Crippen molar-refractivity contribution in [3.63, 3.8) is 0 Å². The van der Waals surface area contributed by atoms with E-state index in [4.69, 9.17) is 0 Å². The van der Waals surface area contributed by atoms with Crippen molar-refractivity contribution < 1.29 is 65.4 Å². The van der Waals surface area contributed by atoms with Gasteiger partial charge in [0, 0.05) is 65.4 Å². The van der Waals surface area contributed by atoms with Crippen molar-refractivity contribution in [2.24, 2.45) is 0 Å². The van der Waals surface area contributed by atoms with Crippen LogP contribution < -0.4 is 0 Å². The van der Waals surface area contributed by atoms with Crippen LogP contribution in [-0.2, 0) is 65.4 Å². The molecule has 12 aromatic carbocycles. The van der Waals surface area contributed by atoms with Gasteiger partial charge in [-0.05, 0) is 124 Å².